The minimum atomic E-state index is -0.409. The molecule has 0 unspecified atom stereocenters. The van der Waals surface area contributed by atoms with Gasteiger partial charge in [0.05, 0.1) is 23.5 Å². The van der Waals surface area contributed by atoms with Crippen molar-refractivity contribution in [3.63, 3.8) is 0 Å². The molecule has 37 heavy (non-hydrogen) atoms. The van der Waals surface area contributed by atoms with Gasteiger partial charge >= 0.3 is 0 Å². The number of hydrogen-bond donors (Lipinski definition) is 3. The first-order valence-electron chi connectivity index (χ1n) is 11.0. The molecule has 0 spiro atoms. The van der Waals surface area contributed by atoms with Crippen LogP contribution in [0.3, 0.4) is 0 Å². The van der Waals surface area contributed by atoms with Crippen LogP contribution in [-0.4, -0.2) is 28.4 Å². The molecule has 0 aliphatic rings. The lowest BCUT2D eigenvalue weighted by molar-refractivity contribution is 0.101. The van der Waals surface area contributed by atoms with Gasteiger partial charge in [-0.1, -0.05) is 0 Å². The molecule has 0 saturated carbocycles. The summed E-state index contributed by atoms with van der Waals surface area (Å²) in [7, 11) is 0. The third-order valence-corrected chi connectivity index (χ3v) is 7.00. The number of carbonyl (C=O) groups excluding carboxylic acids is 2. The number of thioether (sulfide) groups is 2. The van der Waals surface area contributed by atoms with Crippen molar-refractivity contribution < 1.29 is 14.7 Å². The number of aromatic hydroxyl groups is 1. The largest absolute Gasteiger partial charge is 0.508 e. The molecule has 186 valence electrons. The van der Waals surface area contributed by atoms with Gasteiger partial charge in [0.1, 0.15) is 11.4 Å². The van der Waals surface area contributed by atoms with E-state index in [2.05, 4.69) is 27.9 Å². The highest BCUT2D eigenvalue weighted by Gasteiger charge is 2.17. The van der Waals surface area contributed by atoms with E-state index in [1.165, 1.54) is 72.1 Å². The van der Waals surface area contributed by atoms with Crippen molar-refractivity contribution in [2.24, 2.45) is 5.18 Å². The van der Waals surface area contributed by atoms with Crippen molar-refractivity contribution in [2.75, 3.05) is 22.1 Å². The number of rotatable bonds is 11. The van der Waals surface area contributed by atoms with Gasteiger partial charge in [-0.05, 0) is 65.8 Å². The lowest BCUT2D eigenvalue weighted by Crippen LogP contribution is -2.15. The minimum absolute atomic E-state index is 0.0395. The molecule has 2 amide bonds. The van der Waals surface area contributed by atoms with Gasteiger partial charge in [0, 0.05) is 45.3 Å². The van der Waals surface area contributed by atoms with Gasteiger partial charge in [-0.25, -0.2) is 0 Å². The SMILES string of the molecule is N#CCCSc1cc(NC(=O)c2ccc(N=O)cc2)c(SCCC#N)cc1NC(=O)c1ccc(O)cc1. The summed E-state index contributed by atoms with van der Waals surface area (Å²) in [6.45, 7) is 0. The minimum Gasteiger partial charge on any atom is -0.508 e. The molecule has 0 fully saturated rings. The molecule has 3 aromatic carbocycles. The molecular weight excluding hydrogens is 510 g/mol. The Balaban J connectivity index is 1.96. The molecule has 11 heteroatoms. The van der Waals surface area contributed by atoms with Crippen LogP contribution in [0.25, 0.3) is 0 Å². The Labute approximate surface area is 221 Å². The molecule has 3 rings (SSSR count). The van der Waals surface area contributed by atoms with E-state index in [0.717, 1.165) is 0 Å². The van der Waals surface area contributed by atoms with Crippen LogP contribution in [0, 0.1) is 27.6 Å². The van der Waals surface area contributed by atoms with E-state index in [1.807, 2.05) is 0 Å². The fraction of sp³-hybridized carbons (Fsp3) is 0.154. The van der Waals surface area contributed by atoms with E-state index in [1.54, 1.807) is 12.1 Å². The second-order valence-corrected chi connectivity index (χ2v) is 9.72. The Morgan fingerprint density at radius 3 is 1.62 bits per heavy atom. The van der Waals surface area contributed by atoms with Gasteiger partial charge in [0.25, 0.3) is 11.8 Å². The fourth-order valence-corrected chi connectivity index (χ4v) is 4.84. The monoisotopic (exact) mass is 531 g/mol. The smallest absolute Gasteiger partial charge is 0.255 e. The Bertz CT molecular complexity index is 1360. The topological polar surface area (TPSA) is 155 Å². The van der Waals surface area contributed by atoms with Crippen LogP contribution in [0.4, 0.5) is 17.1 Å². The highest BCUT2D eigenvalue weighted by Crippen LogP contribution is 2.38. The number of hydrogen-bond acceptors (Lipinski definition) is 9. The van der Waals surface area contributed by atoms with Crippen LogP contribution in [-0.2, 0) is 0 Å². The number of nitrogens with zero attached hydrogens (tertiary/aromatic N) is 3. The van der Waals surface area contributed by atoms with Crippen LogP contribution in [0.5, 0.6) is 5.75 Å². The number of anilines is 2. The van der Waals surface area contributed by atoms with Crippen molar-refractivity contribution in [2.45, 2.75) is 22.6 Å². The summed E-state index contributed by atoms with van der Waals surface area (Å²) in [5, 5.41) is 36.0. The first kappa shape index (κ1) is 27.3. The molecule has 3 N–H and O–H groups in total. The lowest BCUT2D eigenvalue weighted by atomic mass is 10.2. The maximum atomic E-state index is 12.9. The molecule has 0 aromatic heterocycles. The van der Waals surface area contributed by atoms with Crippen LogP contribution < -0.4 is 10.6 Å². The molecule has 0 aliphatic carbocycles. The quantitative estimate of drug-likeness (QED) is 0.148. The molecule has 0 atom stereocenters. The fourth-order valence-electron chi connectivity index (χ4n) is 3.08. The van der Waals surface area contributed by atoms with E-state index in [-0.39, 0.29) is 24.3 Å². The molecule has 3 aromatic rings. The zero-order valence-electron chi connectivity index (χ0n) is 19.4. The second kappa shape index (κ2) is 13.7. The van der Waals surface area contributed by atoms with E-state index in [0.29, 0.717) is 43.8 Å². The summed E-state index contributed by atoms with van der Waals surface area (Å²) in [5.41, 5.74) is 1.83. The maximum Gasteiger partial charge on any atom is 0.255 e. The number of phenolic OH excluding ortho intramolecular Hbond substituents is 1. The summed E-state index contributed by atoms with van der Waals surface area (Å²) in [5.74, 6) is 0.167. The Morgan fingerprint density at radius 2 is 1.22 bits per heavy atom. The summed E-state index contributed by atoms with van der Waals surface area (Å²) in [6, 6.07) is 19.3. The normalized spacial score (nSPS) is 10.1. The number of phenols is 1. The molecular formula is C26H21N5O4S2. The zero-order chi connectivity index (χ0) is 26.6. The van der Waals surface area contributed by atoms with Crippen LogP contribution >= 0.6 is 23.5 Å². The van der Waals surface area contributed by atoms with Gasteiger partial charge in [0.2, 0.25) is 0 Å². The van der Waals surface area contributed by atoms with Gasteiger partial charge in [-0.2, -0.15) is 10.5 Å². The Morgan fingerprint density at radius 1 is 0.784 bits per heavy atom. The number of nitrogens with one attached hydrogen (secondary N) is 2. The number of nitriles is 2. The van der Waals surface area contributed by atoms with Crippen molar-refractivity contribution >= 4 is 52.4 Å². The van der Waals surface area contributed by atoms with Gasteiger partial charge in [-0.15, -0.1) is 28.4 Å². The van der Waals surface area contributed by atoms with Gasteiger partial charge < -0.3 is 15.7 Å². The van der Waals surface area contributed by atoms with Crippen LogP contribution in [0.2, 0.25) is 0 Å². The average Bonchev–Trinajstić information content (AvgIpc) is 2.91. The van der Waals surface area contributed by atoms with Crippen molar-refractivity contribution in [1.29, 1.82) is 10.5 Å². The van der Waals surface area contributed by atoms with Crippen molar-refractivity contribution in [1.82, 2.24) is 0 Å². The number of amides is 2. The summed E-state index contributed by atoms with van der Waals surface area (Å²) in [4.78, 5) is 37.7. The Hall–Kier alpha value is -4.32. The summed E-state index contributed by atoms with van der Waals surface area (Å²) < 4.78 is 0. The zero-order valence-corrected chi connectivity index (χ0v) is 21.1. The summed E-state index contributed by atoms with van der Waals surface area (Å²) in [6.07, 6.45) is 0.569. The predicted molar refractivity (Wildman–Crippen MR) is 144 cm³/mol. The molecule has 9 nitrogen and oxygen atoms in total. The molecule has 0 heterocycles. The second-order valence-electron chi connectivity index (χ2n) is 7.45. The third-order valence-electron chi connectivity index (χ3n) is 4.89. The first-order chi connectivity index (χ1) is 17.9. The predicted octanol–water partition coefficient (Wildman–Crippen LogP) is 6.31. The average molecular weight is 532 g/mol. The highest BCUT2D eigenvalue weighted by molar-refractivity contribution is 8.00. The van der Waals surface area contributed by atoms with Gasteiger partial charge in [-0.3, -0.25) is 9.59 Å². The van der Waals surface area contributed by atoms with Crippen LogP contribution in [0.15, 0.2) is 75.6 Å². The molecule has 0 radical (unpaired) electrons. The first-order valence-corrected chi connectivity index (χ1v) is 12.9. The third kappa shape index (κ3) is 7.84. The van der Waals surface area contributed by atoms with Crippen LogP contribution in [0.1, 0.15) is 33.6 Å². The van der Waals surface area contributed by atoms with E-state index < -0.39 is 11.8 Å². The Kier molecular flexibility index (Phi) is 10.1. The van der Waals surface area contributed by atoms with Gasteiger partial charge in [0.15, 0.2) is 0 Å². The number of nitroso groups, excluding NO2 is 1. The van der Waals surface area contributed by atoms with Crippen molar-refractivity contribution in [3.05, 3.63) is 76.7 Å². The molecule has 0 aliphatic heterocycles. The number of carbonyl (C=O) groups is 2. The standard InChI is InChI=1S/C26H21N5O4S2/c27-11-1-13-36-23-16-22(30-26(34)18-5-9-20(32)10-6-18)24(37-14-2-12-28)15-21(23)29-25(33)17-3-7-19(31-35)8-4-17/h3-10,15-16,32H,1-2,13-14H2,(H,29,33)(H,30,34). The molecule has 0 bridgehead atoms. The molecule has 0 saturated heterocycles. The van der Waals surface area contributed by atoms with E-state index in [4.69, 9.17) is 10.5 Å². The van der Waals surface area contributed by atoms with E-state index >= 15 is 0 Å². The highest BCUT2D eigenvalue weighted by atomic mass is 32.2. The summed E-state index contributed by atoms with van der Waals surface area (Å²) >= 11 is 2.70. The maximum absolute atomic E-state index is 12.9. The van der Waals surface area contributed by atoms with Crippen molar-refractivity contribution in [3.8, 4) is 17.9 Å². The van der Waals surface area contributed by atoms with E-state index in [9.17, 15) is 19.6 Å². The lowest BCUT2D eigenvalue weighted by Gasteiger charge is -2.17. The number of benzene rings is 3.